The van der Waals surface area contributed by atoms with Crippen LogP contribution in [0.5, 0.6) is 0 Å². The number of esters is 2. The Morgan fingerprint density at radius 2 is 1.90 bits per heavy atom. The standard InChI is InChI=1S/C16H20O4/c1-2-19-15(17)11-7-4-8-12-16(18)20-13-14-9-5-3-6-10-14/h3,5-6,8-10,12H,2,4,7,11,13H2,1H3. The zero-order chi connectivity index (χ0) is 14.6. The van der Waals surface area contributed by atoms with Crippen LogP contribution in [0.3, 0.4) is 0 Å². The molecule has 0 atom stereocenters. The van der Waals surface area contributed by atoms with E-state index in [4.69, 9.17) is 9.47 Å². The van der Waals surface area contributed by atoms with Gasteiger partial charge in [0, 0.05) is 12.5 Å². The predicted molar refractivity (Wildman–Crippen MR) is 75.9 cm³/mol. The smallest absolute Gasteiger partial charge is 0.330 e. The zero-order valence-corrected chi connectivity index (χ0v) is 11.7. The topological polar surface area (TPSA) is 52.6 Å². The van der Waals surface area contributed by atoms with E-state index < -0.39 is 0 Å². The molecule has 0 aliphatic heterocycles. The lowest BCUT2D eigenvalue weighted by atomic mass is 10.2. The highest BCUT2D eigenvalue weighted by Crippen LogP contribution is 2.02. The molecule has 0 heterocycles. The number of ether oxygens (including phenoxy) is 2. The average Bonchev–Trinajstić information content (AvgIpc) is 2.46. The predicted octanol–water partition coefficient (Wildman–Crippen LogP) is 3.02. The summed E-state index contributed by atoms with van der Waals surface area (Å²) in [5, 5.41) is 0. The van der Waals surface area contributed by atoms with Crippen LogP contribution >= 0.6 is 0 Å². The van der Waals surface area contributed by atoms with Gasteiger partial charge in [0.1, 0.15) is 6.61 Å². The van der Waals surface area contributed by atoms with Gasteiger partial charge in [-0.1, -0.05) is 36.4 Å². The van der Waals surface area contributed by atoms with Crippen molar-refractivity contribution in [3.05, 3.63) is 48.0 Å². The highest BCUT2D eigenvalue weighted by molar-refractivity contribution is 5.81. The van der Waals surface area contributed by atoms with Gasteiger partial charge in [-0.15, -0.1) is 0 Å². The fourth-order valence-corrected chi connectivity index (χ4v) is 1.55. The number of allylic oxidation sites excluding steroid dienone is 1. The lowest BCUT2D eigenvalue weighted by Gasteiger charge is -2.01. The van der Waals surface area contributed by atoms with Crippen LogP contribution in [0.1, 0.15) is 31.7 Å². The zero-order valence-electron chi connectivity index (χ0n) is 11.7. The number of benzene rings is 1. The number of carbonyl (C=O) groups excluding carboxylic acids is 2. The molecule has 1 aromatic rings. The summed E-state index contributed by atoms with van der Waals surface area (Å²) in [6.07, 6.45) is 4.80. The molecule has 0 aliphatic rings. The van der Waals surface area contributed by atoms with E-state index in [2.05, 4.69) is 0 Å². The Balaban J connectivity index is 2.13. The third-order valence-electron chi connectivity index (χ3n) is 2.53. The summed E-state index contributed by atoms with van der Waals surface area (Å²) in [5.41, 5.74) is 0.955. The Bertz CT molecular complexity index is 437. The second-order valence-corrected chi connectivity index (χ2v) is 4.19. The average molecular weight is 276 g/mol. The Morgan fingerprint density at radius 3 is 2.60 bits per heavy atom. The van der Waals surface area contributed by atoms with Crippen molar-refractivity contribution in [2.45, 2.75) is 32.8 Å². The van der Waals surface area contributed by atoms with Crippen LogP contribution in [0, 0.1) is 0 Å². The molecule has 0 spiro atoms. The van der Waals surface area contributed by atoms with E-state index in [9.17, 15) is 9.59 Å². The molecule has 0 aliphatic carbocycles. The first kappa shape index (κ1) is 16.0. The number of rotatable bonds is 8. The summed E-state index contributed by atoms with van der Waals surface area (Å²) in [6, 6.07) is 9.50. The number of unbranched alkanes of at least 4 members (excludes halogenated alkanes) is 1. The van der Waals surface area contributed by atoms with Gasteiger partial charge in [0.2, 0.25) is 0 Å². The largest absolute Gasteiger partial charge is 0.466 e. The van der Waals surface area contributed by atoms with Gasteiger partial charge in [0.25, 0.3) is 0 Å². The Morgan fingerprint density at radius 1 is 1.15 bits per heavy atom. The van der Waals surface area contributed by atoms with Crippen LogP contribution in [0.25, 0.3) is 0 Å². The molecule has 0 unspecified atom stereocenters. The molecule has 0 amide bonds. The first-order valence-electron chi connectivity index (χ1n) is 6.75. The molecule has 1 aromatic carbocycles. The summed E-state index contributed by atoms with van der Waals surface area (Å²) in [7, 11) is 0. The van der Waals surface area contributed by atoms with Crippen molar-refractivity contribution < 1.29 is 19.1 Å². The maximum absolute atomic E-state index is 11.4. The van der Waals surface area contributed by atoms with Crippen LogP contribution in [0.2, 0.25) is 0 Å². The molecule has 0 bridgehead atoms. The van der Waals surface area contributed by atoms with E-state index in [1.165, 1.54) is 6.08 Å². The first-order chi connectivity index (χ1) is 9.72. The van der Waals surface area contributed by atoms with Crippen molar-refractivity contribution in [3.8, 4) is 0 Å². The van der Waals surface area contributed by atoms with Crippen LogP contribution in [0.4, 0.5) is 0 Å². The third kappa shape index (κ3) is 7.36. The molecule has 0 N–H and O–H groups in total. The highest BCUT2D eigenvalue weighted by Gasteiger charge is 2.00. The third-order valence-corrected chi connectivity index (χ3v) is 2.53. The minimum Gasteiger partial charge on any atom is -0.466 e. The highest BCUT2D eigenvalue weighted by atomic mass is 16.5. The van der Waals surface area contributed by atoms with Crippen molar-refractivity contribution >= 4 is 11.9 Å². The molecular weight excluding hydrogens is 256 g/mol. The molecule has 108 valence electrons. The van der Waals surface area contributed by atoms with E-state index in [1.54, 1.807) is 13.0 Å². The van der Waals surface area contributed by atoms with Crippen LogP contribution in [-0.2, 0) is 25.7 Å². The van der Waals surface area contributed by atoms with Crippen molar-refractivity contribution in [2.75, 3.05) is 6.61 Å². The van der Waals surface area contributed by atoms with Gasteiger partial charge < -0.3 is 9.47 Å². The SMILES string of the molecule is CCOC(=O)CCCC=CC(=O)OCc1ccccc1. The number of hydrogen-bond acceptors (Lipinski definition) is 4. The molecule has 20 heavy (non-hydrogen) atoms. The van der Waals surface area contributed by atoms with Gasteiger partial charge >= 0.3 is 11.9 Å². The molecule has 0 saturated heterocycles. The number of hydrogen-bond donors (Lipinski definition) is 0. The quantitative estimate of drug-likeness (QED) is 0.416. The fourth-order valence-electron chi connectivity index (χ4n) is 1.55. The summed E-state index contributed by atoms with van der Waals surface area (Å²) in [6.45, 7) is 2.45. The molecule has 4 nitrogen and oxygen atoms in total. The van der Waals surface area contributed by atoms with Gasteiger partial charge in [0.15, 0.2) is 0 Å². The molecule has 1 rings (SSSR count). The van der Waals surface area contributed by atoms with Gasteiger partial charge in [-0.05, 0) is 25.3 Å². The van der Waals surface area contributed by atoms with Gasteiger partial charge in [-0.2, -0.15) is 0 Å². The van der Waals surface area contributed by atoms with Gasteiger partial charge in [-0.3, -0.25) is 4.79 Å². The molecule has 0 aromatic heterocycles. The monoisotopic (exact) mass is 276 g/mol. The molecular formula is C16H20O4. The molecule has 0 fully saturated rings. The van der Waals surface area contributed by atoms with Gasteiger partial charge in [0.05, 0.1) is 6.61 Å². The van der Waals surface area contributed by atoms with Gasteiger partial charge in [-0.25, -0.2) is 4.79 Å². The van der Waals surface area contributed by atoms with E-state index >= 15 is 0 Å². The van der Waals surface area contributed by atoms with E-state index in [0.717, 1.165) is 5.56 Å². The number of carbonyl (C=O) groups is 2. The Hall–Kier alpha value is -2.10. The second-order valence-electron chi connectivity index (χ2n) is 4.19. The van der Waals surface area contributed by atoms with Crippen LogP contribution in [0.15, 0.2) is 42.5 Å². The van der Waals surface area contributed by atoms with Crippen LogP contribution in [-0.4, -0.2) is 18.5 Å². The van der Waals surface area contributed by atoms with Crippen molar-refractivity contribution in [2.24, 2.45) is 0 Å². The summed E-state index contributed by atoms with van der Waals surface area (Å²) >= 11 is 0. The van der Waals surface area contributed by atoms with Crippen molar-refractivity contribution in [1.82, 2.24) is 0 Å². The summed E-state index contributed by atoms with van der Waals surface area (Å²) < 4.78 is 9.88. The molecule has 4 heteroatoms. The summed E-state index contributed by atoms with van der Waals surface area (Å²) in [5.74, 6) is -0.572. The maximum atomic E-state index is 11.4. The second kappa shape index (κ2) is 9.78. The van der Waals surface area contributed by atoms with E-state index in [-0.39, 0.29) is 18.5 Å². The molecule has 0 saturated carbocycles. The lowest BCUT2D eigenvalue weighted by molar-refractivity contribution is -0.143. The van der Waals surface area contributed by atoms with Crippen molar-refractivity contribution in [3.63, 3.8) is 0 Å². The normalized spacial score (nSPS) is 10.4. The lowest BCUT2D eigenvalue weighted by Crippen LogP contribution is -2.03. The fraction of sp³-hybridized carbons (Fsp3) is 0.375. The van der Waals surface area contributed by atoms with Crippen LogP contribution < -0.4 is 0 Å². The van der Waals surface area contributed by atoms with E-state index in [1.807, 2.05) is 30.3 Å². The summed E-state index contributed by atoms with van der Waals surface area (Å²) in [4.78, 5) is 22.5. The Kier molecular flexibility index (Phi) is 7.80. The minimum absolute atomic E-state index is 0.201. The molecule has 0 radical (unpaired) electrons. The Labute approximate surface area is 119 Å². The minimum atomic E-state index is -0.370. The van der Waals surface area contributed by atoms with E-state index in [0.29, 0.717) is 25.9 Å². The van der Waals surface area contributed by atoms with Crippen molar-refractivity contribution in [1.29, 1.82) is 0 Å². The first-order valence-corrected chi connectivity index (χ1v) is 6.75. The maximum Gasteiger partial charge on any atom is 0.330 e.